The van der Waals surface area contributed by atoms with E-state index in [-0.39, 0.29) is 34.9 Å². The Bertz CT molecular complexity index is 973. The summed E-state index contributed by atoms with van der Waals surface area (Å²) in [7, 11) is 7.24. The maximum atomic E-state index is 12.7. The number of nitrogens with two attached hydrogens (primary N) is 1. The molecule has 174 valence electrons. The number of amides is 2. The molecule has 0 bridgehead atoms. The minimum absolute atomic E-state index is 0.00914. The molecule has 3 heterocycles. The molecule has 2 fully saturated rings. The monoisotopic (exact) mass is 483 g/mol. The van der Waals surface area contributed by atoms with Crippen molar-refractivity contribution >= 4 is 51.9 Å². The summed E-state index contributed by atoms with van der Waals surface area (Å²) in [6.45, 7) is 0.613. The van der Waals surface area contributed by atoms with Gasteiger partial charge in [-0.25, -0.2) is 0 Å². The van der Waals surface area contributed by atoms with E-state index in [1.54, 1.807) is 12.2 Å². The fraction of sp³-hybridized carbons (Fsp3) is 0.556. The van der Waals surface area contributed by atoms with Gasteiger partial charge in [0.1, 0.15) is 18.5 Å². The maximum absolute atomic E-state index is 12.7. The van der Waals surface area contributed by atoms with Crippen LogP contribution in [0.2, 0.25) is 0 Å². The summed E-state index contributed by atoms with van der Waals surface area (Å²) in [4.78, 5) is 47.4. The normalized spacial score (nSPS) is 25.9. The third-order valence-corrected chi connectivity index (χ3v) is 7.03. The Balaban J connectivity index is 1.70. The molecule has 1 aromatic rings. The van der Waals surface area contributed by atoms with E-state index in [2.05, 4.69) is 19.8 Å². The largest absolute Gasteiger partial charge is 0.549 e. The molecule has 32 heavy (non-hydrogen) atoms. The Morgan fingerprint density at radius 3 is 2.75 bits per heavy atom. The summed E-state index contributed by atoms with van der Waals surface area (Å²) in [5.74, 6) is -2.10. The number of aliphatic carboxylic acids is 1. The number of carbonyl (C=O) groups excluding carboxylic acids is 3. The summed E-state index contributed by atoms with van der Waals surface area (Å²) in [6.07, 6.45) is 3.43. The van der Waals surface area contributed by atoms with Gasteiger partial charge in [0.25, 0.3) is 5.91 Å². The number of nitrogen functional groups attached to an aromatic ring is 1. The predicted octanol–water partition coefficient (Wildman–Crippen LogP) is -2.13. The fourth-order valence-corrected chi connectivity index (χ4v) is 5.24. The highest BCUT2D eigenvalue weighted by atomic mass is 32.2. The van der Waals surface area contributed by atoms with Crippen molar-refractivity contribution in [3.8, 4) is 0 Å². The molecule has 0 aliphatic carbocycles. The lowest BCUT2D eigenvalue weighted by atomic mass is 9.86. The topological polar surface area (TPSA) is 163 Å². The van der Waals surface area contributed by atoms with Gasteiger partial charge in [-0.2, -0.15) is 9.36 Å². The summed E-state index contributed by atoms with van der Waals surface area (Å²) in [5, 5.41) is 18.0. The van der Waals surface area contributed by atoms with Crippen LogP contribution in [0.1, 0.15) is 5.82 Å². The number of aromatic nitrogens is 2. The van der Waals surface area contributed by atoms with Gasteiger partial charge in [-0.3, -0.25) is 9.59 Å². The number of quaternary nitrogens is 1. The third kappa shape index (κ3) is 4.86. The zero-order valence-corrected chi connectivity index (χ0v) is 19.7. The zero-order valence-electron chi connectivity index (χ0n) is 18.1. The van der Waals surface area contributed by atoms with Crippen molar-refractivity contribution < 1.29 is 28.8 Å². The molecule has 14 heteroatoms. The highest BCUT2D eigenvalue weighted by Gasteiger charge is 2.55. The van der Waals surface area contributed by atoms with E-state index in [1.165, 1.54) is 23.8 Å². The Kier molecular flexibility index (Phi) is 6.76. The Labute approximate surface area is 193 Å². The van der Waals surface area contributed by atoms with Gasteiger partial charge in [0.05, 0.1) is 39.1 Å². The summed E-state index contributed by atoms with van der Waals surface area (Å²) in [6, 6.07) is -0.833. The number of carboxylic acid groups (broad SMARTS) is 1. The third-order valence-electron chi connectivity index (χ3n) is 4.94. The van der Waals surface area contributed by atoms with E-state index in [9.17, 15) is 19.5 Å². The van der Waals surface area contributed by atoms with Crippen LogP contribution in [0, 0.1) is 5.41 Å². The van der Waals surface area contributed by atoms with Crippen molar-refractivity contribution in [2.45, 2.75) is 11.4 Å². The van der Waals surface area contributed by atoms with Crippen LogP contribution in [-0.2, 0) is 19.2 Å². The smallest absolute Gasteiger partial charge is 0.278 e. The first-order valence-corrected chi connectivity index (χ1v) is 11.4. The van der Waals surface area contributed by atoms with Gasteiger partial charge < -0.3 is 35.2 Å². The van der Waals surface area contributed by atoms with Crippen molar-refractivity contribution in [3.63, 3.8) is 0 Å². The van der Waals surface area contributed by atoms with Gasteiger partial charge in [-0.1, -0.05) is 11.2 Å². The number of likely N-dealkylation sites (N-methyl/N-ethyl adjacent to an activating group) is 1. The second kappa shape index (κ2) is 9.03. The first kappa shape index (κ1) is 23.9. The van der Waals surface area contributed by atoms with E-state index in [1.807, 2.05) is 21.1 Å². The average molecular weight is 484 g/mol. The fourth-order valence-electron chi connectivity index (χ4n) is 3.30. The first-order chi connectivity index (χ1) is 15.0. The molecule has 2 aliphatic heterocycles. The molecule has 1 aromatic heterocycles. The molecule has 0 radical (unpaired) electrons. The number of rotatable bonds is 8. The second-order valence-electron chi connectivity index (χ2n) is 8.52. The van der Waals surface area contributed by atoms with Gasteiger partial charge >= 0.3 is 0 Å². The van der Waals surface area contributed by atoms with Crippen LogP contribution in [0.15, 0.2) is 17.3 Å². The molecular weight excluding hydrogens is 458 g/mol. The number of thioether (sulfide) groups is 1. The molecule has 2 amide bonds. The number of carbonyl (C=O) groups is 3. The van der Waals surface area contributed by atoms with Crippen molar-refractivity contribution in [2.24, 2.45) is 10.6 Å². The van der Waals surface area contributed by atoms with Crippen molar-refractivity contribution in [1.29, 1.82) is 0 Å². The van der Waals surface area contributed by atoms with Gasteiger partial charge in [0.2, 0.25) is 17.4 Å². The molecule has 0 saturated carbocycles. The van der Waals surface area contributed by atoms with E-state index in [0.29, 0.717) is 11.0 Å². The molecule has 2 aliphatic rings. The lowest BCUT2D eigenvalue weighted by Gasteiger charge is -2.54. The molecule has 2 saturated heterocycles. The predicted molar refractivity (Wildman–Crippen MR) is 117 cm³/mol. The molecule has 2 unspecified atom stereocenters. The summed E-state index contributed by atoms with van der Waals surface area (Å²) >= 11 is 2.17. The van der Waals surface area contributed by atoms with Crippen LogP contribution in [0.5, 0.6) is 0 Å². The van der Waals surface area contributed by atoms with Gasteiger partial charge in [0.15, 0.2) is 5.13 Å². The number of anilines is 1. The molecule has 0 spiro atoms. The lowest BCUT2D eigenvalue weighted by Crippen LogP contribution is -2.74. The number of nitrogens with one attached hydrogen (secondary N) is 1. The minimum Gasteiger partial charge on any atom is -0.549 e. The van der Waals surface area contributed by atoms with Crippen molar-refractivity contribution in [2.75, 3.05) is 52.8 Å². The number of oxime groups is 1. The number of nitrogens with zero attached hydrogens (tertiary/aromatic N) is 5. The second-order valence-corrected chi connectivity index (χ2v) is 10.4. The van der Waals surface area contributed by atoms with Gasteiger partial charge in [0, 0.05) is 23.8 Å². The van der Waals surface area contributed by atoms with Crippen molar-refractivity contribution in [3.05, 3.63) is 18.0 Å². The first-order valence-electron chi connectivity index (χ1n) is 9.61. The SMILES string of the molecule is CON=C(C(=O)NC1C(=O)N2CC(C=CC[N+](C)(C)C)(C(=O)[O-])CS[C@H]12)c1nsc(N)n1. The minimum atomic E-state index is -1.29. The van der Waals surface area contributed by atoms with E-state index < -0.39 is 28.7 Å². The van der Waals surface area contributed by atoms with Crippen molar-refractivity contribution in [1.82, 2.24) is 19.6 Å². The lowest BCUT2D eigenvalue weighted by molar-refractivity contribution is -0.864. The molecule has 3 rings (SSSR count). The van der Waals surface area contributed by atoms with Crippen LogP contribution in [0.25, 0.3) is 0 Å². The van der Waals surface area contributed by atoms with Gasteiger partial charge in [-0.05, 0) is 6.08 Å². The quantitative estimate of drug-likeness (QED) is 0.138. The number of fused-ring (bicyclic) bond motifs is 1. The average Bonchev–Trinajstić information content (AvgIpc) is 3.14. The van der Waals surface area contributed by atoms with E-state index >= 15 is 0 Å². The maximum Gasteiger partial charge on any atom is 0.278 e. The number of carboxylic acids is 1. The highest BCUT2D eigenvalue weighted by molar-refractivity contribution is 8.00. The van der Waals surface area contributed by atoms with Gasteiger partial charge in [-0.15, -0.1) is 11.8 Å². The number of β-lactam (4-membered cyclic amide) rings is 1. The molecule has 3 atom stereocenters. The Hall–Kier alpha value is -2.71. The molecule has 0 aromatic carbocycles. The highest BCUT2D eigenvalue weighted by Crippen LogP contribution is 2.42. The molecule has 3 N–H and O–H groups in total. The molecule has 12 nitrogen and oxygen atoms in total. The zero-order chi connectivity index (χ0) is 23.7. The van der Waals surface area contributed by atoms with Crippen LogP contribution in [0.4, 0.5) is 5.13 Å². The van der Waals surface area contributed by atoms with E-state index in [0.717, 1.165) is 11.5 Å². The number of hydrogen-bond acceptors (Lipinski definition) is 11. The van der Waals surface area contributed by atoms with Crippen LogP contribution >= 0.6 is 23.3 Å². The van der Waals surface area contributed by atoms with E-state index in [4.69, 9.17) is 10.6 Å². The summed E-state index contributed by atoms with van der Waals surface area (Å²) < 4.78 is 4.58. The standard InChI is InChI=1S/C18H25N7O5S2/c1-25(2,3)7-5-6-18(16(28)29)8-24-14(27)11(15(24)31-9-18)20-13(26)10(22-30-4)12-21-17(19)32-23-12/h5-6,11,15H,7-9H2,1-4H3,(H3-,19,20,21,23,26,28,29)/t11?,15-,18?/m1/s1. The molecular formula is C18H25N7O5S2. The number of hydrogen-bond donors (Lipinski definition) is 2. The van der Waals surface area contributed by atoms with Crippen LogP contribution in [-0.4, -0.2) is 101 Å². The Morgan fingerprint density at radius 2 is 2.19 bits per heavy atom. The van der Waals surface area contributed by atoms with Crippen LogP contribution < -0.4 is 16.2 Å². The Morgan fingerprint density at radius 1 is 1.47 bits per heavy atom. The van der Waals surface area contributed by atoms with Crippen LogP contribution in [0.3, 0.4) is 0 Å². The summed E-state index contributed by atoms with van der Waals surface area (Å²) in [5.41, 5.74) is 4.07.